The van der Waals surface area contributed by atoms with Gasteiger partial charge in [0.2, 0.25) is 5.91 Å². The molecular weight excluding hydrogens is 408 g/mol. The zero-order chi connectivity index (χ0) is 20.6. The van der Waals surface area contributed by atoms with Gasteiger partial charge in [0.1, 0.15) is 12.4 Å². The van der Waals surface area contributed by atoms with Gasteiger partial charge in [-0.1, -0.05) is 29.8 Å². The molecule has 0 spiro atoms. The quantitative estimate of drug-likeness (QED) is 0.317. The van der Waals surface area contributed by atoms with Crippen molar-refractivity contribution in [3.05, 3.63) is 76.4 Å². The standard InChI is InChI=1S/C22H19ClN2O3S/c1-15(26)19-8-9-20(29-19)17-5-2-6-18(22(17)23)28-13-12-25-21(27)10-7-16-4-3-11-24-14-16/h2-11,14H,12-13H2,1H3,(H,25,27)/b10-7+. The van der Waals surface area contributed by atoms with Crippen LogP contribution in [0, 0.1) is 0 Å². The Labute approximate surface area is 178 Å². The third kappa shape index (κ3) is 5.76. The van der Waals surface area contributed by atoms with Gasteiger partial charge in [-0.15, -0.1) is 11.3 Å². The highest BCUT2D eigenvalue weighted by molar-refractivity contribution is 7.17. The number of nitrogens with one attached hydrogen (secondary N) is 1. The Morgan fingerprint density at radius 1 is 1.21 bits per heavy atom. The highest BCUT2D eigenvalue weighted by Crippen LogP contribution is 2.38. The second-order valence-electron chi connectivity index (χ2n) is 6.10. The molecule has 0 fully saturated rings. The van der Waals surface area contributed by atoms with Gasteiger partial charge in [-0.25, -0.2) is 0 Å². The second-order valence-corrected chi connectivity index (χ2v) is 7.56. The molecule has 0 radical (unpaired) electrons. The van der Waals surface area contributed by atoms with Crippen LogP contribution < -0.4 is 10.1 Å². The Morgan fingerprint density at radius 3 is 2.79 bits per heavy atom. The molecule has 0 aliphatic heterocycles. The monoisotopic (exact) mass is 426 g/mol. The van der Waals surface area contributed by atoms with Gasteiger partial charge in [-0.05, 0) is 42.8 Å². The lowest BCUT2D eigenvalue weighted by molar-refractivity contribution is -0.116. The molecule has 1 N–H and O–H groups in total. The molecule has 3 aromatic rings. The summed E-state index contributed by atoms with van der Waals surface area (Å²) in [5.74, 6) is 0.341. The Balaban J connectivity index is 1.54. The zero-order valence-electron chi connectivity index (χ0n) is 15.7. The fourth-order valence-corrected chi connectivity index (χ4v) is 3.80. The van der Waals surface area contributed by atoms with E-state index in [1.165, 1.54) is 24.3 Å². The molecule has 29 heavy (non-hydrogen) atoms. The number of thiophene rings is 1. The average Bonchev–Trinajstić information content (AvgIpc) is 3.22. The van der Waals surface area contributed by atoms with E-state index in [1.54, 1.807) is 36.7 Å². The highest BCUT2D eigenvalue weighted by Gasteiger charge is 2.12. The number of carbonyl (C=O) groups is 2. The van der Waals surface area contributed by atoms with E-state index >= 15 is 0 Å². The number of halogens is 1. The summed E-state index contributed by atoms with van der Waals surface area (Å²) in [6.07, 6.45) is 6.50. The number of benzene rings is 1. The van der Waals surface area contributed by atoms with Crippen molar-refractivity contribution in [2.75, 3.05) is 13.2 Å². The van der Waals surface area contributed by atoms with Crippen molar-refractivity contribution in [1.29, 1.82) is 0 Å². The molecule has 0 unspecified atom stereocenters. The number of hydrogen-bond donors (Lipinski definition) is 1. The summed E-state index contributed by atoms with van der Waals surface area (Å²) >= 11 is 7.88. The molecule has 5 nitrogen and oxygen atoms in total. The zero-order valence-corrected chi connectivity index (χ0v) is 17.3. The summed E-state index contributed by atoms with van der Waals surface area (Å²) in [5.41, 5.74) is 1.66. The van der Waals surface area contributed by atoms with E-state index in [9.17, 15) is 9.59 Å². The van der Waals surface area contributed by atoms with Crippen LogP contribution >= 0.6 is 22.9 Å². The van der Waals surface area contributed by atoms with Crippen LogP contribution in [0.4, 0.5) is 0 Å². The first-order valence-electron chi connectivity index (χ1n) is 8.93. The van der Waals surface area contributed by atoms with Gasteiger partial charge >= 0.3 is 0 Å². The van der Waals surface area contributed by atoms with Crippen molar-refractivity contribution < 1.29 is 14.3 Å². The molecule has 2 aromatic heterocycles. The van der Waals surface area contributed by atoms with Gasteiger partial charge in [-0.2, -0.15) is 0 Å². The van der Waals surface area contributed by atoms with E-state index < -0.39 is 0 Å². The van der Waals surface area contributed by atoms with Gasteiger partial charge in [0, 0.05) is 28.9 Å². The summed E-state index contributed by atoms with van der Waals surface area (Å²) in [6, 6.07) is 12.8. The predicted octanol–water partition coefficient (Wildman–Crippen LogP) is 4.87. The molecule has 0 saturated heterocycles. The minimum absolute atomic E-state index is 0.0260. The van der Waals surface area contributed by atoms with Gasteiger partial charge in [0.15, 0.2) is 5.78 Å². The van der Waals surface area contributed by atoms with Gasteiger partial charge < -0.3 is 10.1 Å². The van der Waals surface area contributed by atoms with E-state index in [0.29, 0.717) is 22.2 Å². The highest BCUT2D eigenvalue weighted by atomic mass is 35.5. The van der Waals surface area contributed by atoms with E-state index in [0.717, 1.165) is 16.0 Å². The molecule has 0 aliphatic rings. The molecule has 0 bridgehead atoms. The minimum Gasteiger partial charge on any atom is -0.490 e. The first kappa shape index (κ1) is 20.8. The van der Waals surface area contributed by atoms with E-state index in [-0.39, 0.29) is 18.3 Å². The Morgan fingerprint density at radius 2 is 2.07 bits per heavy atom. The van der Waals surface area contributed by atoms with Crippen molar-refractivity contribution in [2.45, 2.75) is 6.92 Å². The van der Waals surface area contributed by atoms with Crippen molar-refractivity contribution >= 4 is 40.7 Å². The number of ketones is 1. The number of Topliss-reactive ketones (excluding diaryl/α,β-unsaturated/α-hetero) is 1. The molecule has 1 amide bonds. The van der Waals surface area contributed by atoms with Crippen LogP contribution in [0.5, 0.6) is 5.75 Å². The number of aromatic nitrogens is 1. The third-order valence-corrected chi connectivity index (χ3v) is 5.56. The average molecular weight is 427 g/mol. The van der Waals surface area contributed by atoms with Crippen LogP contribution in [-0.2, 0) is 4.79 Å². The van der Waals surface area contributed by atoms with Gasteiger partial charge in [0.25, 0.3) is 0 Å². The van der Waals surface area contributed by atoms with E-state index in [1.807, 2.05) is 24.3 Å². The molecule has 3 rings (SSSR count). The third-order valence-electron chi connectivity index (χ3n) is 3.95. The fourth-order valence-electron chi connectivity index (χ4n) is 2.53. The number of pyridine rings is 1. The number of rotatable bonds is 8. The second kappa shape index (κ2) is 10.0. The topological polar surface area (TPSA) is 68.3 Å². The van der Waals surface area contributed by atoms with Crippen LogP contribution in [0.1, 0.15) is 22.2 Å². The van der Waals surface area contributed by atoms with Gasteiger partial charge in [-0.3, -0.25) is 14.6 Å². The van der Waals surface area contributed by atoms with Crippen LogP contribution in [0.15, 0.2) is 60.9 Å². The van der Waals surface area contributed by atoms with E-state index in [4.69, 9.17) is 16.3 Å². The molecule has 2 heterocycles. The first-order valence-corrected chi connectivity index (χ1v) is 10.1. The number of carbonyl (C=O) groups excluding carboxylic acids is 2. The molecular formula is C22H19ClN2O3S. The maximum atomic E-state index is 11.9. The summed E-state index contributed by atoms with van der Waals surface area (Å²) in [6.45, 7) is 2.15. The van der Waals surface area contributed by atoms with Crippen molar-refractivity contribution in [3.8, 4) is 16.2 Å². The molecule has 7 heteroatoms. The Hall–Kier alpha value is -2.96. The number of nitrogens with zero attached hydrogens (tertiary/aromatic N) is 1. The SMILES string of the molecule is CC(=O)c1ccc(-c2cccc(OCCNC(=O)/C=C/c3cccnc3)c2Cl)s1. The lowest BCUT2D eigenvalue weighted by Gasteiger charge is -2.11. The number of hydrogen-bond acceptors (Lipinski definition) is 5. The summed E-state index contributed by atoms with van der Waals surface area (Å²) in [5, 5.41) is 3.23. The molecule has 0 aliphatic carbocycles. The molecule has 0 saturated carbocycles. The Bertz CT molecular complexity index is 1030. The predicted molar refractivity (Wildman–Crippen MR) is 117 cm³/mol. The maximum absolute atomic E-state index is 11.9. The summed E-state index contributed by atoms with van der Waals surface area (Å²) in [7, 11) is 0. The van der Waals surface area contributed by atoms with Crippen molar-refractivity contribution in [3.63, 3.8) is 0 Å². The van der Waals surface area contributed by atoms with Crippen LogP contribution in [0.2, 0.25) is 5.02 Å². The number of ether oxygens (including phenoxy) is 1. The van der Waals surface area contributed by atoms with Crippen LogP contribution in [0.25, 0.3) is 16.5 Å². The minimum atomic E-state index is -0.215. The maximum Gasteiger partial charge on any atom is 0.244 e. The number of amides is 1. The lowest BCUT2D eigenvalue weighted by atomic mass is 10.2. The molecule has 1 aromatic carbocycles. The van der Waals surface area contributed by atoms with E-state index in [2.05, 4.69) is 10.3 Å². The fraction of sp³-hybridized carbons (Fsp3) is 0.136. The van der Waals surface area contributed by atoms with Crippen LogP contribution in [-0.4, -0.2) is 29.8 Å². The lowest BCUT2D eigenvalue weighted by Crippen LogP contribution is -2.26. The molecule has 0 atom stereocenters. The first-order chi connectivity index (χ1) is 14.0. The molecule has 148 valence electrons. The van der Waals surface area contributed by atoms with Gasteiger partial charge in [0.05, 0.1) is 16.4 Å². The summed E-state index contributed by atoms with van der Waals surface area (Å²) in [4.78, 5) is 28.9. The van der Waals surface area contributed by atoms with Crippen molar-refractivity contribution in [1.82, 2.24) is 10.3 Å². The normalized spacial score (nSPS) is 10.8. The summed E-state index contributed by atoms with van der Waals surface area (Å²) < 4.78 is 5.72. The van der Waals surface area contributed by atoms with Crippen LogP contribution in [0.3, 0.4) is 0 Å². The Kier molecular flexibility index (Phi) is 7.16. The largest absolute Gasteiger partial charge is 0.490 e. The smallest absolute Gasteiger partial charge is 0.244 e. The van der Waals surface area contributed by atoms with Crippen molar-refractivity contribution in [2.24, 2.45) is 0 Å².